The number of benzene rings is 3. The van der Waals surface area contributed by atoms with Gasteiger partial charge in [0.25, 0.3) is 0 Å². The van der Waals surface area contributed by atoms with Gasteiger partial charge in [0.05, 0.1) is 17.4 Å². The van der Waals surface area contributed by atoms with E-state index in [4.69, 9.17) is 9.72 Å². The van der Waals surface area contributed by atoms with Gasteiger partial charge in [-0.05, 0) is 78.3 Å². The smallest absolute Gasteiger partial charge is 0.233 e. The van der Waals surface area contributed by atoms with E-state index in [-0.39, 0.29) is 22.0 Å². The zero-order valence-electron chi connectivity index (χ0n) is 30.0. The lowest BCUT2D eigenvalue weighted by atomic mass is 9.76. The number of amides is 1. The molecule has 2 heterocycles. The number of hydrogen-bond donors (Lipinski definition) is 1. The molecule has 1 N–H and O–H groups in total. The summed E-state index contributed by atoms with van der Waals surface area (Å²) in [6, 6.07) is 23.2. The highest BCUT2D eigenvalue weighted by atomic mass is 79.9. The van der Waals surface area contributed by atoms with Gasteiger partial charge in [-0.2, -0.15) is 0 Å². The first kappa shape index (κ1) is 36.8. The molecule has 0 saturated carbocycles. The molecule has 9 heteroatoms. The molecule has 0 aliphatic rings. The summed E-state index contributed by atoms with van der Waals surface area (Å²) in [5.74, 6) is 0.962. The summed E-state index contributed by atoms with van der Waals surface area (Å²) < 4.78 is 9.57. The van der Waals surface area contributed by atoms with E-state index < -0.39 is 0 Å². The Morgan fingerprint density at radius 3 is 2.39 bits per heavy atom. The van der Waals surface area contributed by atoms with E-state index in [2.05, 4.69) is 120 Å². The first-order valence-corrected chi connectivity index (χ1v) is 19.2. The average Bonchev–Trinajstić information content (AvgIpc) is 3.41. The maximum atomic E-state index is 13.3. The molecule has 5 aromatic rings. The van der Waals surface area contributed by atoms with Crippen LogP contribution in [0.25, 0.3) is 22.1 Å². The van der Waals surface area contributed by atoms with E-state index in [0.717, 1.165) is 63.5 Å². The minimum absolute atomic E-state index is 0.00590. The van der Waals surface area contributed by atoms with Gasteiger partial charge in [-0.25, -0.2) is 4.98 Å². The van der Waals surface area contributed by atoms with E-state index in [1.54, 1.807) is 0 Å². The van der Waals surface area contributed by atoms with Crippen molar-refractivity contribution in [2.45, 2.75) is 108 Å². The number of carbonyl (C=O) groups excluding carboxylic acids is 1. The van der Waals surface area contributed by atoms with Gasteiger partial charge in [-0.15, -0.1) is 10.2 Å². The number of carbonyl (C=O) groups is 1. The predicted molar refractivity (Wildman–Crippen MR) is 207 cm³/mol. The molecule has 2 aromatic heterocycles. The minimum Gasteiger partial charge on any atom is -0.493 e. The van der Waals surface area contributed by atoms with Gasteiger partial charge in [0.2, 0.25) is 11.1 Å². The van der Waals surface area contributed by atoms with Crippen molar-refractivity contribution < 1.29 is 9.53 Å². The molecular formula is C40H50BrN5O2S. The van der Waals surface area contributed by atoms with Crippen LogP contribution >= 0.6 is 27.7 Å². The maximum Gasteiger partial charge on any atom is 0.233 e. The first-order valence-electron chi connectivity index (χ1n) is 17.6. The highest BCUT2D eigenvalue weighted by molar-refractivity contribution is 9.10. The van der Waals surface area contributed by atoms with Gasteiger partial charge in [0, 0.05) is 28.5 Å². The van der Waals surface area contributed by atoms with E-state index in [9.17, 15) is 4.79 Å². The van der Waals surface area contributed by atoms with Crippen LogP contribution < -0.4 is 10.1 Å². The summed E-state index contributed by atoms with van der Waals surface area (Å²) in [5.41, 5.74) is 6.53. The lowest BCUT2D eigenvalue weighted by Crippen LogP contribution is -2.33. The van der Waals surface area contributed by atoms with Crippen molar-refractivity contribution in [2.24, 2.45) is 0 Å². The minimum atomic E-state index is -0.315. The Morgan fingerprint density at radius 2 is 1.67 bits per heavy atom. The molecule has 0 radical (unpaired) electrons. The number of nitrogens with one attached hydrogen (secondary N) is 1. The van der Waals surface area contributed by atoms with E-state index in [0.29, 0.717) is 31.3 Å². The van der Waals surface area contributed by atoms with Crippen molar-refractivity contribution in [3.63, 3.8) is 0 Å². The Balaban J connectivity index is 1.19. The van der Waals surface area contributed by atoms with Gasteiger partial charge in [-0.1, -0.05) is 119 Å². The molecule has 1 unspecified atom stereocenters. The summed E-state index contributed by atoms with van der Waals surface area (Å²) in [5, 5.41) is 13.4. The van der Waals surface area contributed by atoms with Crippen molar-refractivity contribution in [1.82, 2.24) is 25.1 Å². The largest absolute Gasteiger partial charge is 0.493 e. The van der Waals surface area contributed by atoms with Gasteiger partial charge in [0.1, 0.15) is 11.3 Å². The second-order valence-electron chi connectivity index (χ2n) is 14.0. The summed E-state index contributed by atoms with van der Waals surface area (Å²) in [6.45, 7) is 17.5. The zero-order chi connectivity index (χ0) is 35.2. The number of halogens is 1. The topological polar surface area (TPSA) is 81.9 Å². The first-order chi connectivity index (χ1) is 23.5. The Morgan fingerprint density at radius 1 is 0.939 bits per heavy atom. The predicted octanol–water partition coefficient (Wildman–Crippen LogP) is 10.0. The molecule has 3 aromatic carbocycles. The molecule has 7 nitrogen and oxygen atoms in total. The van der Waals surface area contributed by atoms with Crippen molar-refractivity contribution in [3.05, 3.63) is 87.9 Å². The highest BCUT2D eigenvalue weighted by Gasteiger charge is 2.27. The van der Waals surface area contributed by atoms with Crippen LogP contribution in [-0.2, 0) is 22.2 Å². The zero-order valence-corrected chi connectivity index (χ0v) is 32.4. The van der Waals surface area contributed by atoms with E-state index in [1.165, 1.54) is 22.9 Å². The van der Waals surface area contributed by atoms with Gasteiger partial charge < -0.3 is 14.6 Å². The fraction of sp³-hybridized carbons (Fsp3) is 0.450. The third kappa shape index (κ3) is 8.66. The Kier molecular flexibility index (Phi) is 12.1. The molecule has 0 saturated heterocycles. The molecule has 0 bridgehead atoms. The Labute approximate surface area is 304 Å². The Hall–Kier alpha value is -3.43. The van der Waals surface area contributed by atoms with Crippen molar-refractivity contribution in [1.29, 1.82) is 0 Å². The second kappa shape index (κ2) is 16.1. The third-order valence-corrected chi connectivity index (χ3v) is 11.6. The number of unbranched alkanes of at least 4 members (excludes halogenated alkanes) is 1. The number of aromatic nitrogens is 4. The monoisotopic (exact) mass is 743 g/mol. The highest BCUT2D eigenvalue weighted by Crippen LogP contribution is 2.38. The lowest BCUT2D eigenvalue weighted by Gasteiger charge is -2.30. The molecular weight excluding hydrogens is 694 g/mol. The number of nitrogens with zero attached hydrogens (tertiary/aromatic N) is 4. The van der Waals surface area contributed by atoms with Crippen LogP contribution in [0.4, 0.5) is 0 Å². The summed E-state index contributed by atoms with van der Waals surface area (Å²) in [4.78, 5) is 18.2. The number of fused-ring (bicyclic) bond motifs is 3. The maximum absolute atomic E-state index is 13.3. The molecule has 1 atom stereocenters. The summed E-state index contributed by atoms with van der Waals surface area (Å²) in [7, 11) is 0. The van der Waals surface area contributed by atoms with Gasteiger partial charge >= 0.3 is 0 Å². The number of para-hydroxylation sites is 1. The van der Waals surface area contributed by atoms with Crippen LogP contribution in [0.15, 0.2) is 76.4 Å². The number of hydrogen-bond acceptors (Lipinski definition) is 6. The molecule has 0 fully saturated rings. The fourth-order valence-corrected chi connectivity index (χ4v) is 6.96. The second-order valence-corrected chi connectivity index (χ2v) is 16.1. The third-order valence-electron chi connectivity index (χ3n) is 9.91. The van der Waals surface area contributed by atoms with E-state index in [1.807, 2.05) is 31.2 Å². The quantitative estimate of drug-likeness (QED) is 0.0801. The van der Waals surface area contributed by atoms with Crippen molar-refractivity contribution in [3.8, 4) is 5.75 Å². The average molecular weight is 745 g/mol. The van der Waals surface area contributed by atoms with Crippen LogP contribution in [0.2, 0.25) is 0 Å². The van der Waals surface area contributed by atoms with Crippen molar-refractivity contribution in [2.75, 3.05) is 13.2 Å². The molecule has 5 rings (SSSR count). The molecule has 0 aliphatic heterocycles. The van der Waals surface area contributed by atoms with Crippen LogP contribution in [-0.4, -0.2) is 44.1 Å². The summed E-state index contributed by atoms with van der Waals surface area (Å²) in [6.07, 6.45) is 4.46. The lowest BCUT2D eigenvalue weighted by molar-refractivity contribution is -0.120. The number of thioether (sulfide) groups is 1. The van der Waals surface area contributed by atoms with Gasteiger partial charge in [0.15, 0.2) is 5.65 Å². The summed E-state index contributed by atoms with van der Waals surface area (Å²) >= 11 is 4.90. The van der Waals surface area contributed by atoms with Crippen molar-refractivity contribution >= 4 is 55.7 Å². The Bertz CT molecular complexity index is 1890. The molecule has 0 spiro atoms. The van der Waals surface area contributed by atoms with Crippen LogP contribution in [0.3, 0.4) is 0 Å². The fourth-order valence-electron chi connectivity index (χ4n) is 5.86. The molecule has 49 heavy (non-hydrogen) atoms. The normalized spacial score (nSPS) is 12.8. The molecule has 0 aliphatic carbocycles. The van der Waals surface area contributed by atoms with Crippen LogP contribution in [0.5, 0.6) is 5.75 Å². The number of ether oxygens (including phenoxy) is 1. The van der Waals surface area contributed by atoms with Crippen LogP contribution in [0.1, 0.15) is 97.3 Å². The SMILES string of the molecule is CCC(Sc1nnc2c3ccccc3n(Cc3ccc(Br)cc3)c2n1)C(=O)NCCCCOc1ccc(C(C)(C)CC)cc1C(C)(C)CC. The van der Waals surface area contributed by atoms with Crippen LogP contribution in [0, 0.1) is 0 Å². The number of rotatable bonds is 16. The standard InChI is InChI=1S/C40H50BrN5O2S/c1-8-34(37(47)42-23-13-14-24-48-33-22-19-28(39(4,5)9-2)25-31(33)40(6,7)10-3)49-38-43-36-35(44-45-38)30-15-11-12-16-32(30)46(36)26-27-17-20-29(41)21-18-27/h11-12,15-22,25,34H,8-10,13-14,23-24,26H2,1-7H3,(H,42,47). The van der Waals surface area contributed by atoms with Gasteiger partial charge in [-0.3, -0.25) is 4.79 Å². The molecule has 1 amide bonds. The molecule has 260 valence electrons. The van der Waals surface area contributed by atoms with E-state index >= 15 is 0 Å².